The minimum Gasteiger partial charge on any atom is -0.0842 e. The number of rotatable bonds is 1. The summed E-state index contributed by atoms with van der Waals surface area (Å²) in [6.07, 6.45) is 8.01. The van der Waals surface area contributed by atoms with Crippen molar-refractivity contribution in [3.05, 3.63) is 62.6 Å². The van der Waals surface area contributed by atoms with Crippen molar-refractivity contribution < 1.29 is 0 Å². The summed E-state index contributed by atoms with van der Waals surface area (Å²) in [7, 11) is 0. The number of benzene rings is 1. The molecule has 0 saturated heterocycles. The minimum atomic E-state index is 0.550. The highest BCUT2D eigenvalue weighted by molar-refractivity contribution is 6.40. The second kappa shape index (κ2) is 4.67. The molecule has 0 spiro atoms. The summed E-state index contributed by atoms with van der Waals surface area (Å²) in [4.78, 5) is 0. The van der Waals surface area contributed by atoms with E-state index in [1.54, 1.807) is 12.1 Å². The molecule has 0 fully saturated rings. The van der Waals surface area contributed by atoms with E-state index in [4.69, 9.17) is 34.8 Å². The molecule has 0 unspecified atom stereocenters. The zero-order valence-electron chi connectivity index (χ0n) is 8.60. The Morgan fingerprint density at radius 2 is 1.44 bits per heavy atom. The second-order valence-corrected chi connectivity index (χ2v) is 4.79. The SMILES string of the molecule is CC(=C1C=CC=C1)c1c(Cl)cc(Cl)cc1Cl. The van der Waals surface area contributed by atoms with Crippen molar-refractivity contribution in [2.24, 2.45) is 0 Å². The maximum absolute atomic E-state index is 6.16. The summed E-state index contributed by atoms with van der Waals surface area (Å²) in [6.45, 7) is 2.00. The molecule has 0 radical (unpaired) electrons. The molecule has 2 rings (SSSR count). The molecule has 0 heterocycles. The van der Waals surface area contributed by atoms with Crippen molar-refractivity contribution in [3.8, 4) is 0 Å². The van der Waals surface area contributed by atoms with Gasteiger partial charge in [-0.05, 0) is 30.2 Å². The van der Waals surface area contributed by atoms with Gasteiger partial charge in [-0.25, -0.2) is 0 Å². The minimum absolute atomic E-state index is 0.550. The Hall–Kier alpha value is -0.690. The van der Waals surface area contributed by atoms with E-state index in [0.29, 0.717) is 15.1 Å². The highest BCUT2D eigenvalue weighted by atomic mass is 35.5. The van der Waals surface area contributed by atoms with Gasteiger partial charge >= 0.3 is 0 Å². The molecule has 0 aromatic heterocycles. The molecule has 82 valence electrons. The predicted octanol–water partition coefficient (Wildman–Crippen LogP) is 5.55. The maximum Gasteiger partial charge on any atom is 0.0511 e. The fourth-order valence-corrected chi connectivity index (χ4v) is 2.77. The summed E-state index contributed by atoms with van der Waals surface area (Å²) < 4.78 is 0. The van der Waals surface area contributed by atoms with E-state index in [1.807, 2.05) is 31.2 Å². The van der Waals surface area contributed by atoms with Gasteiger partial charge in [0, 0.05) is 10.6 Å². The zero-order chi connectivity index (χ0) is 11.7. The topological polar surface area (TPSA) is 0 Å². The Kier molecular flexibility index (Phi) is 3.44. The van der Waals surface area contributed by atoms with E-state index in [2.05, 4.69) is 0 Å². The first-order valence-electron chi connectivity index (χ1n) is 4.80. The first-order valence-corrected chi connectivity index (χ1v) is 5.93. The van der Waals surface area contributed by atoms with E-state index < -0.39 is 0 Å². The molecule has 0 bridgehead atoms. The van der Waals surface area contributed by atoms with Gasteiger partial charge < -0.3 is 0 Å². The summed E-state index contributed by atoms with van der Waals surface area (Å²) in [6, 6.07) is 3.41. The lowest BCUT2D eigenvalue weighted by atomic mass is 10.0. The molecule has 0 amide bonds. The van der Waals surface area contributed by atoms with E-state index in [-0.39, 0.29) is 0 Å². The van der Waals surface area contributed by atoms with Gasteiger partial charge in [-0.15, -0.1) is 0 Å². The molecular weight excluding hydrogens is 263 g/mol. The maximum atomic E-state index is 6.16. The third-order valence-corrected chi connectivity index (χ3v) is 3.29. The molecular formula is C13H9Cl3. The third-order valence-electron chi connectivity index (χ3n) is 2.48. The van der Waals surface area contributed by atoms with Gasteiger partial charge in [0.15, 0.2) is 0 Å². The van der Waals surface area contributed by atoms with Gasteiger partial charge in [0.1, 0.15) is 0 Å². The number of hydrogen-bond acceptors (Lipinski definition) is 0. The van der Waals surface area contributed by atoms with Crippen LogP contribution in [0.2, 0.25) is 15.1 Å². The fourth-order valence-electron chi connectivity index (χ4n) is 1.67. The molecule has 0 atom stereocenters. The quantitative estimate of drug-likeness (QED) is 0.628. The molecule has 0 nitrogen and oxygen atoms in total. The van der Waals surface area contributed by atoms with E-state index >= 15 is 0 Å². The van der Waals surface area contributed by atoms with Crippen LogP contribution in [0.5, 0.6) is 0 Å². The lowest BCUT2D eigenvalue weighted by Gasteiger charge is -2.10. The van der Waals surface area contributed by atoms with Crippen LogP contribution in [0.1, 0.15) is 12.5 Å². The van der Waals surface area contributed by atoms with Crippen LogP contribution in [0, 0.1) is 0 Å². The van der Waals surface area contributed by atoms with Crippen LogP contribution in [0.3, 0.4) is 0 Å². The van der Waals surface area contributed by atoms with Gasteiger partial charge in [0.2, 0.25) is 0 Å². The summed E-state index contributed by atoms with van der Waals surface area (Å²) in [5, 5.41) is 1.71. The largest absolute Gasteiger partial charge is 0.0842 e. The molecule has 0 saturated carbocycles. The van der Waals surface area contributed by atoms with Crippen molar-refractivity contribution in [2.75, 3.05) is 0 Å². The molecule has 16 heavy (non-hydrogen) atoms. The van der Waals surface area contributed by atoms with Gasteiger partial charge in [-0.3, -0.25) is 0 Å². The Labute approximate surface area is 110 Å². The van der Waals surface area contributed by atoms with Gasteiger partial charge in [0.25, 0.3) is 0 Å². The van der Waals surface area contributed by atoms with Crippen molar-refractivity contribution in [1.82, 2.24) is 0 Å². The number of halogens is 3. The third kappa shape index (κ3) is 2.20. The molecule has 1 aromatic rings. The van der Waals surface area contributed by atoms with Crippen LogP contribution in [0.15, 0.2) is 42.0 Å². The van der Waals surface area contributed by atoms with Gasteiger partial charge in [-0.2, -0.15) is 0 Å². The highest BCUT2D eigenvalue weighted by Gasteiger charge is 2.12. The Morgan fingerprint density at radius 1 is 0.938 bits per heavy atom. The molecule has 1 aliphatic carbocycles. The van der Waals surface area contributed by atoms with Crippen LogP contribution in [-0.4, -0.2) is 0 Å². The van der Waals surface area contributed by atoms with Crippen molar-refractivity contribution >= 4 is 40.4 Å². The Morgan fingerprint density at radius 3 is 1.94 bits per heavy atom. The first kappa shape index (κ1) is 11.8. The summed E-state index contributed by atoms with van der Waals surface area (Å²) in [5.74, 6) is 0. The Balaban J connectivity index is 2.61. The average Bonchev–Trinajstić information content (AvgIpc) is 2.67. The standard InChI is InChI=1S/C13H9Cl3/c1-8(9-4-2-3-5-9)13-11(15)6-10(14)7-12(13)16/h2-7H,1H3. The second-order valence-electron chi connectivity index (χ2n) is 3.54. The van der Waals surface area contributed by atoms with Crippen LogP contribution in [0.4, 0.5) is 0 Å². The normalized spacial score (nSPS) is 13.6. The monoisotopic (exact) mass is 270 g/mol. The molecule has 1 aromatic carbocycles. The Bertz CT molecular complexity index is 485. The molecule has 0 N–H and O–H groups in total. The fraction of sp³-hybridized carbons (Fsp3) is 0.0769. The van der Waals surface area contributed by atoms with Crippen LogP contribution in [-0.2, 0) is 0 Å². The predicted molar refractivity (Wildman–Crippen MR) is 72.3 cm³/mol. The van der Waals surface area contributed by atoms with E-state index in [0.717, 1.165) is 16.7 Å². The lowest BCUT2D eigenvalue weighted by molar-refractivity contribution is 1.53. The van der Waals surface area contributed by atoms with Crippen LogP contribution >= 0.6 is 34.8 Å². The summed E-state index contributed by atoms with van der Waals surface area (Å²) in [5.41, 5.74) is 3.02. The number of hydrogen-bond donors (Lipinski definition) is 0. The highest BCUT2D eigenvalue weighted by Crippen LogP contribution is 2.36. The zero-order valence-corrected chi connectivity index (χ0v) is 10.9. The molecule has 3 heteroatoms. The lowest BCUT2D eigenvalue weighted by Crippen LogP contribution is -1.87. The van der Waals surface area contributed by atoms with Crippen molar-refractivity contribution in [1.29, 1.82) is 0 Å². The number of allylic oxidation sites excluding steroid dienone is 6. The molecule has 0 aliphatic heterocycles. The van der Waals surface area contributed by atoms with Crippen LogP contribution in [0.25, 0.3) is 5.57 Å². The van der Waals surface area contributed by atoms with Crippen molar-refractivity contribution in [3.63, 3.8) is 0 Å². The van der Waals surface area contributed by atoms with E-state index in [9.17, 15) is 0 Å². The average molecular weight is 272 g/mol. The smallest absolute Gasteiger partial charge is 0.0511 e. The molecule has 1 aliphatic rings. The van der Waals surface area contributed by atoms with Crippen molar-refractivity contribution in [2.45, 2.75) is 6.92 Å². The first-order chi connectivity index (χ1) is 7.59. The van der Waals surface area contributed by atoms with E-state index in [1.165, 1.54) is 0 Å². The van der Waals surface area contributed by atoms with Gasteiger partial charge in [-0.1, -0.05) is 59.1 Å². The van der Waals surface area contributed by atoms with Crippen LogP contribution < -0.4 is 0 Å². The summed E-state index contributed by atoms with van der Waals surface area (Å²) >= 11 is 18.2. The van der Waals surface area contributed by atoms with Gasteiger partial charge in [0.05, 0.1) is 10.0 Å².